The number of carbonyl (C=O) groups is 2. The van der Waals surface area contributed by atoms with Gasteiger partial charge in [-0.3, -0.25) is 9.59 Å². The maximum atomic E-state index is 12.4. The van der Waals surface area contributed by atoms with Gasteiger partial charge in [0.25, 0.3) is 5.91 Å². The fourth-order valence-corrected chi connectivity index (χ4v) is 3.36. The second-order valence-corrected chi connectivity index (χ2v) is 6.95. The number of aliphatic carboxylic acids is 1. The normalized spacial score (nSPS) is 12.0. The second-order valence-electron chi connectivity index (χ2n) is 4.83. The number of carbonyl (C=O) groups excluding carboxylic acids is 1. The number of aryl methyl sites for hydroxylation is 2. The molecule has 7 heteroatoms. The average molecular weight is 383 g/mol. The Morgan fingerprint density at radius 2 is 2.14 bits per heavy atom. The molecule has 0 aliphatic rings. The summed E-state index contributed by atoms with van der Waals surface area (Å²) >= 11 is 4.66. The number of hydrogen-bond donors (Lipinski definition) is 2. The third-order valence-electron chi connectivity index (χ3n) is 3.04. The van der Waals surface area contributed by atoms with Crippen molar-refractivity contribution in [1.82, 2.24) is 10.3 Å². The molecule has 0 spiro atoms. The predicted octanol–water partition coefficient (Wildman–Crippen LogP) is 3.47. The van der Waals surface area contributed by atoms with Crippen molar-refractivity contribution in [2.24, 2.45) is 0 Å². The van der Waals surface area contributed by atoms with E-state index >= 15 is 0 Å². The molecule has 1 heterocycles. The van der Waals surface area contributed by atoms with E-state index in [1.165, 1.54) is 11.3 Å². The van der Waals surface area contributed by atoms with Crippen LogP contribution in [-0.2, 0) is 4.79 Å². The molecule has 1 atom stereocenters. The molecule has 0 saturated heterocycles. The number of aromatic nitrogens is 1. The summed E-state index contributed by atoms with van der Waals surface area (Å²) in [6, 6.07) is 6.66. The van der Waals surface area contributed by atoms with Crippen LogP contribution >= 0.6 is 27.3 Å². The van der Waals surface area contributed by atoms with E-state index in [-0.39, 0.29) is 12.3 Å². The third-order valence-corrected chi connectivity index (χ3v) is 4.61. The lowest BCUT2D eigenvalue weighted by atomic mass is 10.0. The van der Waals surface area contributed by atoms with Gasteiger partial charge in [-0.05, 0) is 31.5 Å². The minimum atomic E-state index is -0.970. The SMILES string of the molecule is Cc1nc(C)c(C(=O)NC(CC(=O)O)c2cccc(Br)c2)s1. The Hall–Kier alpha value is -1.73. The van der Waals surface area contributed by atoms with Gasteiger partial charge in [-0.15, -0.1) is 11.3 Å². The van der Waals surface area contributed by atoms with Crippen LogP contribution in [0.25, 0.3) is 0 Å². The molecule has 1 aromatic heterocycles. The number of benzene rings is 1. The number of rotatable bonds is 5. The lowest BCUT2D eigenvalue weighted by molar-refractivity contribution is -0.137. The number of hydrogen-bond acceptors (Lipinski definition) is 4. The summed E-state index contributed by atoms with van der Waals surface area (Å²) in [6.45, 7) is 3.60. The summed E-state index contributed by atoms with van der Waals surface area (Å²) in [5, 5.41) is 12.7. The molecule has 22 heavy (non-hydrogen) atoms. The molecule has 0 bridgehead atoms. The first kappa shape index (κ1) is 16.6. The molecule has 0 fully saturated rings. The average Bonchev–Trinajstić information content (AvgIpc) is 2.76. The van der Waals surface area contributed by atoms with Crippen molar-refractivity contribution >= 4 is 39.1 Å². The zero-order valence-corrected chi connectivity index (χ0v) is 14.5. The van der Waals surface area contributed by atoms with Gasteiger partial charge in [-0.2, -0.15) is 0 Å². The Bertz CT molecular complexity index is 715. The summed E-state index contributed by atoms with van der Waals surface area (Å²) in [6.07, 6.45) is -0.182. The highest BCUT2D eigenvalue weighted by atomic mass is 79.9. The number of halogens is 1. The second kappa shape index (κ2) is 7.02. The van der Waals surface area contributed by atoms with Crippen LogP contribution in [0.5, 0.6) is 0 Å². The number of nitrogens with zero attached hydrogens (tertiary/aromatic N) is 1. The first-order valence-electron chi connectivity index (χ1n) is 6.59. The number of thiazole rings is 1. The molecule has 0 aliphatic heterocycles. The molecule has 0 aliphatic carbocycles. The molecule has 2 rings (SSSR count). The smallest absolute Gasteiger partial charge is 0.305 e. The van der Waals surface area contributed by atoms with E-state index in [4.69, 9.17) is 5.11 Å². The molecular formula is C15H15BrN2O3S. The van der Waals surface area contributed by atoms with Crippen molar-refractivity contribution in [2.75, 3.05) is 0 Å². The maximum absolute atomic E-state index is 12.4. The summed E-state index contributed by atoms with van der Waals surface area (Å²) in [5.41, 5.74) is 1.40. The van der Waals surface area contributed by atoms with Crippen LogP contribution < -0.4 is 5.32 Å². The number of carboxylic acids is 1. The quantitative estimate of drug-likeness (QED) is 0.829. The molecule has 2 aromatic rings. The van der Waals surface area contributed by atoms with Gasteiger partial charge in [0.1, 0.15) is 4.88 Å². The molecule has 116 valence electrons. The van der Waals surface area contributed by atoms with Crippen LogP contribution in [0.4, 0.5) is 0 Å². The third kappa shape index (κ3) is 4.14. The van der Waals surface area contributed by atoms with Gasteiger partial charge in [0.15, 0.2) is 0 Å². The van der Waals surface area contributed by atoms with Crippen molar-refractivity contribution in [1.29, 1.82) is 0 Å². The van der Waals surface area contributed by atoms with Crippen LogP contribution in [0.1, 0.15) is 38.4 Å². The summed E-state index contributed by atoms with van der Waals surface area (Å²) in [4.78, 5) is 28.2. The zero-order valence-electron chi connectivity index (χ0n) is 12.1. The molecular weight excluding hydrogens is 368 g/mol. The molecule has 1 amide bonds. The van der Waals surface area contributed by atoms with Gasteiger partial charge in [-0.25, -0.2) is 4.98 Å². The van der Waals surface area contributed by atoms with Gasteiger partial charge < -0.3 is 10.4 Å². The van der Waals surface area contributed by atoms with Gasteiger partial charge in [0.2, 0.25) is 0 Å². The lowest BCUT2D eigenvalue weighted by Gasteiger charge is -2.17. The van der Waals surface area contributed by atoms with Gasteiger partial charge in [0.05, 0.1) is 23.2 Å². The minimum Gasteiger partial charge on any atom is -0.481 e. The Balaban J connectivity index is 2.25. The Labute approximate surface area is 140 Å². The topological polar surface area (TPSA) is 79.3 Å². The Kier molecular flexibility index (Phi) is 5.31. The Morgan fingerprint density at radius 3 is 2.68 bits per heavy atom. The van der Waals surface area contributed by atoms with Gasteiger partial charge in [-0.1, -0.05) is 28.1 Å². The van der Waals surface area contributed by atoms with Gasteiger partial charge in [0, 0.05) is 4.47 Å². The molecule has 1 unspecified atom stereocenters. The maximum Gasteiger partial charge on any atom is 0.305 e. The Morgan fingerprint density at radius 1 is 1.41 bits per heavy atom. The zero-order chi connectivity index (χ0) is 16.3. The van der Waals surface area contributed by atoms with Crippen LogP contribution in [0.2, 0.25) is 0 Å². The first-order chi connectivity index (χ1) is 10.4. The standard InChI is InChI=1S/C15H15BrN2O3S/c1-8-14(22-9(2)17-8)15(21)18-12(7-13(19)20)10-4-3-5-11(16)6-10/h3-6,12H,7H2,1-2H3,(H,18,21)(H,19,20). The van der Waals surface area contributed by atoms with E-state index in [1.54, 1.807) is 19.1 Å². The van der Waals surface area contributed by atoms with E-state index in [0.717, 1.165) is 15.0 Å². The van der Waals surface area contributed by atoms with Crippen LogP contribution in [0.15, 0.2) is 28.7 Å². The molecule has 1 aromatic carbocycles. The molecule has 5 nitrogen and oxygen atoms in total. The number of carboxylic acid groups (broad SMARTS) is 1. The fraction of sp³-hybridized carbons (Fsp3) is 0.267. The van der Waals surface area contributed by atoms with Crippen LogP contribution in [0, 0.1) is 13.8 Å². The monoisotopic (exact) mass is 382 g/mol. The van der Waals surface area contributed by atoms with E-state index in [1.807, 2.05) is 19.1 Å². The predicted molar refractivity (Wildman–Crippen MR) is 88.2 cm³/mol. The summed E-state index contributed by atoms with van der Waals surface area (Å²) < 4.78 is 0.833. The number of amides is 1. The van der Waals surface area contributed by atoms with Crippen molar-refractivity contribution in [3.05, 3.63) is 49.9 Å². The summed E-state index contributed by atoms with van der Waals surface area (Å²) in [5.74, 6) is -1.27. The first-order valence-corrected chi connectivity index (χ1v) is 8.20. The highest BCUT2D eigenvalue weighted by Crippen LogP contribution is 2.23. The van der Waals surface area contributed by atoms with Crippen molar-refractivity contribution in [3.63, 3.8) is 0 Å². The van der Waals surface area contributed by atoms with Crippen molar-refractivity contribution in [3.8, 4) is 0 Å². The number of nitrogens with one attached hydrogen (secondary N) is 1. The van der Waals surface area contributed by atoms with E-state index in [0.29, 0.717) is 10.6 Å². The van der Waals surface area contributed by atoms with E-state index in [9.17, 15) is 9.59 Å². The van der Waals surface area contributed by atoms with Crippen molar-refractivity contribution in [2.45, 2.75) is 26.3 Å². The van der Waals surface area contributed by atoms with E-state index in [2.05, 4.69) is 26.2 Å². The van der Waals surface area contributed by atoms with Crippen molar-refractivity contribution < 1.29 is 14.7 Å². The van der Waals surface area contributed by atoms with Gasteiger partial charge >= 0.3 is 5.97 Å². The molecule has 0 radical (unpaired) electrons. The lowest BCUT2D eigenvalue weighted by Crippen LogP contribution is -2.30. The molecule has 2 N–H and O–H groups in total. The van der Waals surface area contributed by atoms with Crippen LogP contribution in [0.3, 0.4) is 0 Å². The molecule has 0 saturated carbocycles. The minimum absolute atomic E-state index is 0.182. The van der Waals surface area contributed by atoms with Crippen LogP contribution in [-0.4, -0.2) is 22.0 Å². The highest BCUT2D eigenvalue weighted by molar-refractivity contribution is 9.10. The van der Waals surface area contributed by atoms with E-state index < -0.39 is 12.0 Å². The largest absolute Gasteiger partial charge is 0.481 e. The summed E-state index contributed by atoms with van der Waals surface area (Å²) in [7, 11) is 0. The fourth-order valence-electron chi connectivity index (χ4n) is 2.12. The highest BCUT2D eigenvalue weighted by Gasteiger charge is 2.21.